The van der Waals surface area contributed by atoms with Gasteiger partial charge in [-0.15, -0.1) is 24.0 Å². The highest BCUT2D eigenvalue weighted by Gasteiger charge is 2.34. The molecule has 1 saturated heterocycles. The summed E-state index contributed by atoms with van der Waals surface area (Å²) in [4.78, 5) is 18.4. The molecular formula is C21H35IN4O5. The molecule has 0 aromatic heterocycles. The van der Waals surface area contributed by atoms with Crippen LogP contribution in [0.3, 0.4) is 0 Å². The van der Waals surface area contributed by atoms with Crippen molar-refractivity contribution in [3.63, 3.8) is 0 Å². The molecule has 0 spiro atoms. The highest BCUT2D eigenvalue weighted by Crippen LogP contribution is 2.38. The molecule has 31 heavy (non-hydrogen) atoms. The SMILES string of the molecule is CCNC(=NCc1cc(OC)c(OC)c(OC)c1)NC1CN(C(=O)OC(C)(C)C)C1.I. The number of guanidine groups is 1. The highest BCUT2D eigenvalue weighted by atomic mass is 127. The molecule has 0 atom stereocenters. The van der Waals surface area contributed by atoms with Crippen molar-refractivity contribution in [2.75, 3.05) is 41.0 Å². The molecule has 1 aromatic rings. The van der Waals surface area contributed by atoms with Crippen LogP contribution in [-0.4, -0.2) is 69.6 Å². The summed E-state index contributed by atoms with van der Waals surface area (Å²) in [7, 11) is 4.75. The second kappa shape index (κ2) is 12.1. The maximum absolute atomic E-state index is 12.1. The van der Waals surface area contributed by atoms with Crippen LogP contribution in [0.4, 0.5) is 4.79 Å². The maximum atomic E-state index is 12.1. The Morgan fingerprint density at radius 1 is 1.13 bits per heavy atom. The normalized spacial score (nSPS) is 14.2. The second-order valence-corrected chi connectivity index (χ2v) is 7.96. The summed E-state index contributed by atoms with van der Waals surface area (Å²) >= 11 is 0. The van der Waals surface area contributed by atoms with Gasteiger partial charge < -0.3 is 34.5 Å². The van der Waals surface area contributed by atoms with Gasteiger partial charge in [0.15, 0.2) is 17.5 Å². The first-order valence-corrected chi connectivity index (χ1v) is 10.0. The molecule has 1 amide bonds. The molecule has 0 aliphatic carbocycles. The van der Waals surface area contributed by atoms with Crippen molar-refractivity contribution in [3.8, 4) is 17.2 Å². The number of amides is 1. The third-order valence-electron chi connectivity index (χ3n) is 4.36. The van der Waals surface area contributed by atoms with Gasteiger partial charge in [0.1, 0.15) is 5.60 Å². The van der Waals surface area contributed by atoms with Crippen LogP contribution >= 0.6 is 24.0 Å². The van der Waals surface area contributed by atoms with Crippen LogP contribution in [0.1, 0.15) is 33.3 Å². The van der Waals surface area contributed by atoms with Crippen molar-refractivity contribution in [1.29, 1.82) is 0 Å². The average molecular weight is 550 g/mol. The van der Waals surface area contributed by atoms with Gasteiger partial charge in [0.05, 0.1) is 33.9 Å². The first kappa shape index (κ1) is 26.9. The van der Waals surface area contributed by atoms with E-state index in [1.165, 1.54) is 0 Å². The number of nitrogens with zero attached hydrogens (tertiary/aromatic N) is 2. The summed E-state index contributed by atoms with van der Waals surface area (Å²) < 4.78 is 21.5. The van der Waals surface area contributed by atoms with Gasteiger partial charge >= 0.3 is 6.09 Å². The molecule has 176 valence electrons. The van der Waals surface area contributed by atoms with Crippen LogP contribution in [0.25, 0.3) is 0 Å². The standard InChI is InChI=1S/C21H34N4O5.HI/c1-8-22-19(24-15-12-25(13-15)20(26)30-21(2,3)4)23-11-14-9-16(27-5)18(29-7)17(10-14)28-6;/h9-10,15H,8,11-13H2,1-7H3,(H2,22,23,24);1H. The fourth-order valence-electron chi connectivity index (χ4n) is 2.96. The Bertz CT molecular complexity index is 736. The molecule has 1 fully saturated rings. The average Bonchev–Trinajstić information content (AvgIpc) is 2.65. The van der Waals surface area contributed by atoms with Gasteiger partial charge in [-0.1, -0.05) is 0 Å². The fraction of sp³-hybridized carbons (Fsp3) is 0.619. The molecular weight excluding hydrogens is 515 g/mol. The van der Waals surface area contributed by atoms with Gasteiger partial charge in [0.25, 0.3) is 0 Å². The number of ether oxygens (including phenoxy) is 4. The molecule has 9 nitrogen and oxygen atoms in total. The number of likely N-dealkylation sites (tertiary alicyclic amines) is 1. The van der Waals surface area contributed by atoms with E-state index in [4.69, 9.17) is 18.9 Å². The van der Waals surface area contributed by atoms with E-state index >= 15 is 0 Å². The van der Waals surface area contributed by atoms with Crippen molar-refractivity contribution in [3.05, 3.63) is 17.7 Å². The van der Waals surface area contributed by atoms with E-state index in [0.29, 0.717) is 42.8 Å². The zero-order chi connectivity index (χ0) is 22.3. The molecule has 0 saturated carbocycles. The van der Waals surface area contributed by atoms with E-state index in [2.05, 4.69) is 15.6 Å². The van der Waals surface area contributed by atoms with Gasteiger partial charge in [0.2, 0.25) is 5.75 Å². The van der Waals surface area contributed by atoms with Crippen LogP contribution in [0, 0.1) is 0 Å². The molecule has 10 heteroatoms. The Kier molecular flexibility index (Phi) is 10.5. The summed E-state index contributed by atoms with van der Waals surface area (Å²) in [5.41, 5.74) is 0.428. The Labute approximate surface area is 201 Å². The van der Waals surface area contributed by atoms with E-state index in [9.17, 15) is 4.79 Å². The molecule has 0 unspecified atom stereocenters. The lowest BCUT2D eigenvalue weighted by Crippen LogP contribution is -2.63. The molecule has 2 rings (SSSR count). The third kappa shape index (κ3) is 7.82. The minimum atomic E-state index is -0.494. The lowest BCUT2D eigenvalue weighted by atomic mass is 10.1. The van der Waals surface area contributed by atoms with Crippen molar-refractivity contribution < 1.29 is 23.7 Å². The number of halogens is 1. The van der Waals surface area contributed by atoms with E-state index < -0.39 is 5.60 Å². The first-order valence-electron chi connectivity index (χ1n) is 10.0. The largest absolute Gasteiger partial charge is 0.493 e. The molecule has 1 heterocycles. The van der Waals surface area contributed by atoms with Crippen LogP contribution < -0.4 is 24.8 Å². The number of hydrogen-bond acceptors (Lipinski definition) is 6. The predicted octanol–water partition coefficient (Wildman–Crippen LogP) is 3.00. The van der Waals surface area contributed by atoms with Crippen molar-refractivity contribution in [1.82, 2.24) is 15.5 Å². The van der Waals surface area contributed by atoms with Gasteiger partial charge in [-0.3, -0.25) is 0 Å². The number of aliphatic imine (C=N–C) groups is 1. The number of nitrogens with one attached hydrogen (secondary N) is 2. The molecule has 2 N–H and O–H groups in total. The number of rotatable bonds is 7. The van der Waals surface area contributed by atoms with E-state index in [1.807, 2.05) is 39.8 Å². The molecule has 0 bridgehead atoms. The maximum Gasteiger partial charge on any atom is 0.410 e. The van der Waals surface area contributed by atoms with Gasteiger partial charge in [-0.05, 0) is 45.4 Å². The lowest BCUT2D eigenvalue weighted by Gasteiger charge is -2.40. The summed E-state index contributed by atoms with van der Waals surface area (Å²) in [6.45, 7) is 9.88. The van der Waals surface area contributed by atoms with Crippen molar-refractivity contribution in [2.45, 2.75) is 45.9 Å². The number of methoxy groups -OCH3 is 3. The fourth-order valence-corrected chi connectivity index (χ4v) is 2.96. The Morgan fingerprint density at radius 2 is 1.71 bits per heavy atom. The summed E-state index contributed by atoms with van der Waals surface area (Å²) in [5.74, 6) is 2.41. The van der Waals surface area contributed by atoms with E-state index in [0.717, 1.165) is 12.1 Å². The molecule has 0 radical (unpaired) electrons. The van der Waals surface area contributed by atoms with Crippen molar-refractivity contribution in [2.24, 2.45) is 4.99 Å². The number of carbonyl (C=O) groups excluding carboxylic acids is 1. The van der Waals surface area contributed by atoms with Crippen LogP contribution in [0.15, 0.2) is 17.1 Å². The zero-order valence-corrected chi connectivity index (χ0v) is 21.7. The monoisotopic (exact) mass is 550 g/mol. The molecule has 1 aromatic carbocycles. The topological polar surface area (TPSA) is 93.7 Å². The lowest BCUT2D eigenvalue weighted by molar-refractivity contribution is 0.00700. The third-order valence-corrected chi connectivity index (χ3v) is 4.36. The van der Waals surface area contributed by atoms with Crippen molar-refractivity contribution >= 4 is 36.0 Å². The Balaban J connectivity index is 0.00000480. The number of hydrogen-bond donors (Lipinski definition) is 2. The summed E-state index contributed by atoms with van der Waals surface area (Å²) in [5, 5.41) is 6.59. The van der Waals surface area contributed by atoms with Gasteiger partial charge in [0, 0.05) is 19.6 Å². The van der Waals surface area contributed by atoms with Gasteiger partial charge in [-0.2, -0.15) is 0 Å². The smallest absolute Gasteiger partial charge is 0.410 e. The Morgan fingerprint density at radius 3 is 2.16 bits per heavy atom. The van der Waals surface area contributed by atoms with Crippen LogP contribution in [0.2, 0.25) is 0 Å². The number of carbonyl (C=O) groups is 1. The predicted molar refractivity (Wildman–Crippen MR) is 131 cm³/mol. The Hall–Kier alpha value is -2.11. The molecule has 1 aliphatic rings. The van der Waals surface area contributed by atoms with Gasteiger partial charge in [-0.25, -0.2) is 9.79 Å². The molecule has 1 aliphatic heterocycles. The summed E-state index contributed by atoms with van der Waals surface area (Å²) in [6, 6.07) is 3.87. The second-order valence-electron chi connectivity index (χ2n) is 7.96. The van der Waals surface area contributed by atoms with Crippen LogP contribution in [0.5, 0.6) is 17.2 Å². The quantitative estimate of drug-likeness (QED) is 0.306. The zero-order valence-electron chi connectivity index (χ0n) is 19.4. The van der Waals surface area contributed by atoms with Crippen LogP contribution in [-0.2, 0) is 11.3 Å². The van der Waals surface area contributed by atoms with E-state index in [-0.39, 0.29) is 36.1 Å². The summed E-state index contributed by atoms with van der Waals surface area (Å²) in [6.07, 6.45) is -0.292. The highest BCUT2D eigenvalue weighted by molar-refractivity contribution is 14.0. The first-order chi connectivity index (χ1) is 14.2. The minimum absolute atomic E-state index is 0. The number of benzene rings is 1. The minimum Gasteiger partial charge on any atom is -0.493 e. The van der Waals surface area contributed by atoms with E-state index in [1.54, 1.807) is 26.2 Å².